The molecule has 1 amide bonds. The average molecular weight is 526 g/mol. The van der Waals surface area contributed by atoms with E-state index in [1.54, 1.807) is 0 Å². The van der Waals surface area contributed by atoms with Gasteiger partial charge in [0.15, 0.2) is 11.0 Å². The Labute approximate surface area is 219 Å². The van der Waals surface area contributed by atoms with Crippen molar-refractivity contribution in [1.82, 2.24) is 25.1 Å². The summed E-state index contributed by atoms with van der Waals surface area (Å²) in [5.74, 6) is 1.16. The quantitative estimate of drug-likeness (QED) is 0.169. The van der Waals surface area contributed by atoms with Crippen molar-refractivity contribution in [2.75, 3.05) is 6.54 Å². The minimum atomic E-state index is -0.113. The zero-order valence-corrected chi connectivity index (χ0v) is 22.2. The highest BCUT2D eigenvalue weighted by molar-refractivity contribution is 7.98. The van der Waals surface area contributed by atoms with Crippen molar-refractivity contribution in [2.45, 2.75) is 50.4 Å². The van der Waals surface area contributed by atoms with Crippen LogP contribution in [0.1, 0.15) is 53.7 Å². The van der Waals surface area contributed by atoms with Gasteiger partial charge < -0.3 is 5.32 Å². The van der Waals surface area contributed by atoms with E-state index in [-0.39, 0.29) is 5.91 Å². The average Bonchev–Trinajstić information content (AvgIpc) is 3.51. The number of rotatable bonds is 11. The molecule has 0 saturated heterocycles. The molecule has 0 radical (unpaired) electrons. The standard InChI is InChI=1S/C26H28ClN5OS2/c1-3-4-5-8-15-28-25(33)22-16-34-23(29-22)17-35-26-31-30-24(20-9-6-7-10-21(20)27)32(26)19-13-11-18(2)12-14-19/h6-7,9-14,16H,3-5,8,15,17H2,1-2H3,(H,28,33). The van der Waals surface area contributed by atoms with Crippen LogP contribution in [0, 0.1) is 6.92 Å². The number of aromatic nitrogens is 4. The van der Waals surface area contributed by atoms with Crippen molar-refractivity contribution >= 4 is 40.6 Å². The van der Waals surface area contributed by atoms with E-state index in [1.807, 2.05) is 34.2 Å². The van der Waals surface area contributed by atoms with Crippen LogP contribution >= 0.6 is 34.7 Å². The molecule has 0 bridgehead atoms. The SMILES string of the molecule is CCCCCCNC(=O)c1csc(CSc2nnc(-c3ccccc3Cl)n2-c2ccc(C)cc2)n1. The van der Waals surface area contributed by atoms with Crippen molar-refractivity contribution in [3.63, 3.8) is 0 Å². The predicted octanol–water partition coefficient (Wildman–Crippen LogP) is 6.96. The first-order valence-electron chi connectivity index (χ1n) is 11.7. The molecule has 0 aliphatic rings. The second-order valence-corrected chi connectivity index (χ2v) is 10.5. The smallest absolute Gasteiger partial charge is 0.270 e. The third-order valence-corrected chi connectivity index (χ3v) is 7.77. The number of thioether (sulfide) groups is 1. The number of carbonyl (C=O) groups excluding carboxylic acids is 1. The van der Waals surface area contributed by atoms with Gasteiger partial charge in [0.05, 0.1) is 10.8 Å². The maximum Gasteiger partial charge on any atom is 0.270 e. The predicted molar refractivity (Wildman–Crippen MR) is 145 cm³/mol. The number of aryl methyl sites for hydroxylation is 1. The van der Waals surface area contributed by atoms with E-state index in [2.05, 4.69) is 58.6 Å². The zero-order chi connectivity index (χ0) is 24.6. The molecule has 2 aromatic carbocycles. The number of thiazole rings is 1. The summed E-state index contributed by atoms with van der Waals surface area (Å²) >= 11 is 9.50. The maximum atomic E-state index is 12.4. The van der Waals surface area contributed by atoms with E-state index < -0.39 is 0 Å². The van der Waals surface area contributed by atoms with E-state index >= 15 is 0 Å². The first-order chi connectivity index (χ1) is 17.1. The first kappa shape index (κ1) is 25.4. The van der Waals surface area contributed by atoms with Crippen LogP contribution in [0.4, 0.5) is 0 Å². The number of benzene rings is 2. The summed E-state index contributed by atoms with van der Waals surface area (Å²) in [5, 5.41) is 15.9. The molecule has 4 aromatic rings. The van der Waals surface area contributed by atoms with Crippen LogP contribution in [0.25, 0.3) is 17.1 Å². The summed E-state index contributed by atoms with van der Waals surface area (Å²) in [6.45, 7) is 4.92. The summed E-state index contributed by atoms with van der Waals surface area (Å²) in [4.78, 5) is 17.0. The molecule has 0 saturated carbocycles. The van der Waals surface area contributed by atoms with Gasteiger partial charge in [-0.25, -0.2) is 4.98 Å². The highest BCUT2D eigenvalue weighted by Gasteiger charge is 2.19. The summed E-state index contributed by atoms with van der Waals surface area (Å²) in [6.07, 6.45) is 4.50. The van der Waals surface area contributed by atoms with Gasteiger partial charge in [0, 0.05) is 23.2 Å². The molecule has 1 N–H and O–H groups in total. The number of halogens is 1. The van der Waals surface area contributed by atoms with Crippen LogP contribution in [0.15, 0.2) is 59.1 Å². The molecule has 0 fully saturated rings. The Bertz CT molecular complexity index is 1270. The highest BCUT2D eigenvalue weighted by atomic mass is 35.5. The van der Waals surface area contributed by atoms with Crippen LogP contribution < -0.4 is 5.32 Å². The van der Waals surface area contributed by atoms with Gasteiger partial charge in [0.25, 0.3) is 5.91 Å². The normalized spacial score (nSPS) is 11.1. The molecule has 2 heterocycles. The topological polar surface area (TPSA) is 72.7 Å². The first-order valence-corrected chi connectivity index (χ1v) is 13.9. The largest absolute Gasteiger partial charge is 0.351 e. The van der Waals surface area contributed by atoms with Gasteiger partial charge in [0.1, 0.15) is 10.7 Å². The summed E-state index contributed by atoms with van der Waals surface area (Å²) in [5.41, 5.74) is 3.42. The fraction of sp³-hybridized carbons (Fsp3) is 0.308. The molecule has 0 unspecified atom stereocenters. The van der Waals surface area contributed by atoms with Crippen molar-refractivity contribution < 1.29 is 4.79 Å². The summed E-state index contributed by atoms with van der Waals surface area (Å²) < 4.78 is 2.02. The van der Waals surface area contributed by atoms with E-state index in [0.29, 0.717) is 28.8 Å². The molecule has 4 rings (SSSR count). The summed E-state index contributed by atoms with van der Waals surface area (Å²) in [7, 11) is 0. The Morgan fingerprint density at radius 2 is 1.89 bits per heavy atom. The lowest BCUT2D eigenvalue weighted by atomic mass is 10.2. The highest BCUT2D eigenvalue weighted by Crippen LogP contribution is 2.33. The molecule has 0 aliphatic carbocycles. The van der Waals surface area contributed by atoms with Crippen molar-refractivity contribution in [3.05, 3.63) is 75.2 Å². The maximum absolute atomic E-state index is 12.4. The summed E-state index contributed by atoms with van der Waals surface area (Å²) in [6, 6.07) is 15.9. The van der Waals surface area contributed by atoms with Crippen LogP contribution in [0.5, 0.6) is 0 Å². The molecule has 6 nitrogen and oxygen atoms in total. The molecular formula is C26H28ClN5OS2. The van der Waals surface area contributed by atoms with Gasteiger partial charge in [-0.15, -0.1) is 21.5 Å². The van der Waals surface area contributed by atoms with E-state index in [4.69, 9.17) is 11.6 Å². The number of nitrogens with one attached hydrogen (secondary N) is 1. The lowest BCUT2D eigenvalue weighted by Gasteiger charge is -2.11. The molecule has 182 valence electrons. The van der Waals surface area contributed by atoms with Gasteiger partial charge in [-0.1, -0.05) is 79.4 Å². The third kappa shape index (κ3) is 6.51. The van der Waals surface area contributed by atoms with E-state index in [9.17, 15) is 4.79 Å². The van der Waals surface area contributed by atoms with Crippen LogP contribution in [0.2, 0.25) is 5.02 Å². The minimum Gasteiger partial charge on any atom is -0.351 e. The number of unbranched alkanes of at least 4 members (excludes halogenated alkanes) is 3. The number of carbonyl (C=O) groups is 1. The number of amides is 1. The molecule has 0 aliphatic heterocycles. The van der Waals surface area contributed by atoms with Crippen molar-refractivity contribution in [2.24, 2.45) is 0 Å². The Kier molecular flexibility index (Phi) is 8.95. The number of nitrogens with zero attached hydrogens (tertiary/aromatic N) is 4. The van der Waals surface area contributed by atoms with Crippen LogP contribution in [-0.2, 0) is 5.75 Å². The number of hydrogen-bond donors (Lipinski definition) is 1. The third-order valence-electron chi connectivity index (χ3n) is 5.47. The van der Waals surface area contributed by atoms with Gasteiger partial charge in [-0.2, -0.15) is 0 Å². The fourth-order valence-corrected chi connectivity index (χ4v) is 5.52. The van der Waals surface area contributed by atoms with Crippen LogP contribution in [-0.4, -0.2) is 32.2 Å². The van der Waals surface area contributed by atoms with Gasteiger partial charge >= 0.3 is 0 Å². The van der Waals surface area contributed by atoms with Gasteiger partial charge in [-0.3, -0.25) is 9.36 Å². The lowest BCUT2D eigenvalue weighted by Crippen LogP contribution is -2.24. The Morgan fingerprint density at radius 1 is 1.09 bits per heavy atom. The molecule has 2 aromatic heterocycles. The molecule has 9 heteroatoms. The lowest BCUT2D eigenvalue weighted by molar-refractivity contribution is 0.0948. The minimum absolute atomic E-state index is 0.113. The zero-order valence-electron chi connectivity index (χ0n) is 19.8. The van der Waals surface area contributed by atoms with Crippen molar-refractivity contribution in [3.8, 4) is 17.1 Å². The number of hydrogen-bond acceptors (Lipinski definition) is 6. The Morgan fingerprint density at radius 3 is 2.66 bits per heavy atom. The van der Waals surface area contributed by atoms with Crippen LogP contribution in [0.3, 0.4) is 0 Å². The monoisotopic (exact) mass is 525 g/mol. The molecule has 0 atom stereocenters. The molecule has 35 heavy (non-hydrogen) atoms. The van der Waals surface area contributed by atoms with Crippen molar-refractivity contribution in [1.29, 1.82) is 0 Å². The van der Waals surface area contributed by atoms with E-state index in [1.165, 1.54) is 41.5 Å². The van der Waals surface area contributed by atoms with E-state index in [0.717, 1.165) is 34.3 Å². The molecular weight excluding hydrogens is 498 g/mol. The second-order valence-electron chi connectivity index (χ2n) is 8.19. The fourth-order valence-electron chi connectivity index (χ4n) is 3.56. The Hall–Kier alpha value is -2.68. The second kappa shape index (κ2) is 12.3. The Balaban J connectivity index is 1.50. The van der Waals surface area contributed by atoms with Gasteiger partial charge in [-0.05, 0) is 37.6 Å². The molecule has 0 spiro atoms. The van der Waals surface area contributed by atoms with Gasteiger partial charge in [0.2, 0.25) is 0 Å².